The molecule has 6 nitrogen and oxygen atoms in total. The van der Waals surface area contributed by atoms with Crippen molar-refractivity contribution in [2.75, 3.05) is 45.8 Å². The minimum atomic E-state index is 0. The van der Waals surface area contributed by atoms with Gasteiger partial charge in [-0.2, -0.15) is 0 Å². The zero-order valence-corrected chi connectivity index (χ0v) is 17.6. The van der Waals surface area contributed by atoms with Crippen LogP contribution in [0.2, 0.25) is 0 Å². The first-order chi connectivity index (χ1) is 11.5. The second-order valence-electron chi connectivity index (χ2n) is 7.60. The molecule has 2 amide bonds. The first-order valence-corrected chi connectivity index (χ1v) is 9.59. The average molecular weight is 409 g/mol. The molecule has 0 aromatic heterocycles. The summed E-state index contributed by atoms with van der Waals surface area (Å²) in [5.41, 5.74) is 6.32. The first-order valence-electron chi connectivity index (χ1n) is 9.59. The quantitative estimate of drug-likeness (QED) is 0.741. The van der Waals surface area contributed by atoms with Crippen LogP contribution in [0.1, 0.15) is 33.1 Å². The molecule has 0 aromatic rings. The molecular formula is C18H34Cl2N4O2. The van der Waals surface area contributed by atoms with Crippen molar-refractivity contribution in [2.24, 2.45) is 23.5 Å². The maximum absolute atomic E-state index is 12.9. The van der Waals surface area contributed by atoms with E-state index in [0.29, 0.717) is 44.6 Å². The van der Waals surface area contributed by atoms with Crippen molar-refractivity contribution >= 4 is 36.6 Å². The third-order valence-electron chi connectivity index (χ3n) is 6.46. The predicted molar refractivity (Wildman–Crippen MR) is 108 cm³/mol. The zero-order chi connectivity index (χ0) is 17.3. The Hall–Kier alpha value is -0.560. The van der Waals surface area contributed by atoms with E-state index in [2.05, 4.69) is 18.7 Å². The van der Waals surface area contributed by atoms with E-state index in [1.807, 2.05) is 9.80 Å². The summed E-state index contributed by atoms with van der Waals surface area (Å²) >= 11 is 0. The molecule has 0 aromatic carbocycles. The lowest BCUT2D eigenvalue weighted by Gasteiger charge is -2.39. The molecular weight excluding hydrogens is 375 g/mol. The number of amides is 2. The smallest absolute Gasteiger partial charge is 0.236 e. The van der Waals surface area contributed by atoms with Gasteiger partial charge in [0, 0.05) is 32.2 Å². The maximum Gasteiger partial charge on any atom is 0.236 e. The van der Waals surface area contributed by atoms with Gasteiger partial charge in [0.15, 0.2) is 0 Å². The number of nitrogens with zero attached hydrogens (tertiary/aromatic N) is 3. The standard InChI is InChI=1S/C18H32N4O2.2ClH/c1-3-20(4-2)12-15(23)21-7-9-22(10-8-21)18(24)16-13-5-6-14(11-13)17(16)19;;/h13-14,16-17H,3-12,19H2,1-2H3;2*1H. The molecule has 2 N–H and O–H groups in total. The molecule has 152 valence electrons. The summed E-state index contributed by atoms with van der Waals surface area (Å²) in [4.78, 5) is 31.2. The number of hydrogen-bond acceptors (Lipinski definition) is 4. The lowest BCUT2D eigenvalue weighted by Crippen LogP contribution is -2.55. The number of piperazine rings is 1. The van der Waals surface area contributed by atoms with E-state index in [1.165, 1.54) is 6.42 Å². The Morgan fingerprint density at radius 2 is 1.50 bits per heavy atom. The minimum Gasteiger partial charge on any atom is -0.339 e. The molecule has 3 aliphatic rings. The Morgan fingerprint density at radius 1 is 0.962 bits per heavy atom. The van der Waals surface area contributed by atoms with Gasteiger partial charge >= 0.3 is 0 Å². The van der Waals surface area contributed by atoms with Gasteiger partial charge < -0.3 is 15.5 Å². The molecule has 4 unspecified atom stereocenters. The van der Waals surface area contributed by atoms with Gasteiger partial charge in [-0.1, -0.05) is 13.8 Å². The highest BCUT2D eigenvalue weighted by Crippen LogP contribution is 2.48. The molecule has 3 rings (SSSR count). The van der Waals surface area contributed by atoms with Gasteiger partial charge in [-0.25, -0.2) is 0 Å². The summed E-state index contributed by atoms with van der Waals surface area (Å²) in [6.45, 7) is 9.04. The second-order valence-corrected chi connectivity index (χ2v) is 7.60. The van der Waals surface area contributed by atoms with E-state index >= 15 is 0 Å². The van der Waals surface area contributed by atoms with Crippen LogP contribution in [0.3, 0.4) is 0 Å². The fourth-order valence-electron chi connectivity index (χ4n) is 4.83. The average Bonchev–Trinajstić information content (AvgIpc) is 3.20. The van der Waals surface area contributed by atoms with Gasteiger partial charge in [-0.3, -0.25) is 14.5 Å². The Bertz CT molecular complexity index is 480. The SMILES string of the molecule is CCN(CC)CC(=O)N1CCN(C(=O)C2C3CCC(C3)C2N)CC1.Cl.Cl. The van der Waals surface area contributed by atoms with E-state index in [0.717, 1.165) is 25.9 Å². The molecule has 2 aliphatic carbocycles. The minimum absolute atomic E-state index is 0. The number of rotatable bonds is 5. The number of hydrogen-bond donors (Lipinski definition) is 1. The molecule has 8 heteroatoms. The van der Waals surface area contributed by atoms with Crippen molar-refractivity contribution < 1.29 is 9.59 Å². The van der Waals surface area contributed by atoms with Crippen LogP contribution in [-0.4, -0.2) is 78.4 Å². The van der Waals surface area contributed by atoms with E-state index in [1.54, 1.807) is 0 Å². The second kappa shape index (κ2) is 10.1. The van der Waals surface area contributed by atoms with E-state index in [9.17, 15) is 9.59 Å². The summed E-state index contributed by atoms with van der Waals surface area (Å²) in [6, 6.07) is 0.0542. The number of carbonyl (C=O) groups excluding carboxylic acids is 2. The largest absolute Gasteiger partial charge is 0.339 e. The van der Waals surface area contributed by atoms with E-state index in [4.69, 9.17) is 5.73 Å². The lowest BCUT2D eigenvalue weighted by atomic mass is 9.84. The van der Waals surface area contributed by atoms with E-state index < -0.39 is 0 Å². The van der Waals surface area contributed by atoms with Crippen LogP contribution >= 0.6 is 24.8 Å². The molecule has 1 aliphatic heterocycles. The number of likely N-dealkylation sites (N-methyl/N-ethyl adjacent to an activating group) is 1. The molecule has 0 radical (unpaired) electrons. The van der Waals surface area contributed by atoms with Crippen molar-refractivity contribution in [3.8, 4) is 0 Å². The van der Waals surface area contributed by atoms with Gasteiger partial charge in [-0.15, -0.1) is 24.8 Å². The highest BCUT2D eigenvalue weighted by Gasteiger charge is 2.50. The Morgan fingerprint density at radius 3 is 2.00 bits per heavy atom. The summed E-state index contributed by atoms with van der Waals surface area (Å²) in [5, 5.41) is 0. The Balaban J connectivity index is 0.00000169. The van der Waals surface area contributed by atoms with Crippen molar-refractivity contribution in [2.45, 2.75) is 39.2 Å². The van der Waals surface area contributed by atoms with Gasteiger partial charge in [0.2, 0.25) is 11.8 Å². The van der Waals surface area contributed by atoms with Crippen molar-refractivity contribution in [3.05, 3.63) is 0 Å². The van der Waals surface area contributed by atoms with Gasteiger partial charge in [0.1, 0.15) is 0 Å². The zero-order valence-electron chi connectivity index (χ0n) is 15.9. The summed E-state index contributed by atoms with van der Waals surface area (Å²) in [6.07, 6.45) is 3.50. The van der Waals surface area contributed by atoms with Gasteiger partial charge in [0.25, 0.3) is 0 Å². The Kier molecular flexibility index (Phi) is 9.13. The third-order valence-corrected chi connectivity index (χ3v) is 6.46. The van der Waals surface area contributed by atoms with Crippen molar-refractivity contribution in [1.82, 2.24) is 14.7 Å². The number of fused-ring (bicyclic) bond motifs is 2. The molecule has 3 fully saturated rings. The van der Waals surface area contributed by atoms with Crippen LogP contribution in [0.25, 0.3) is 0 Å². The summed E-state index contributed by atoms with van der Waals surface area (Å²) < 4.78 is 0. The molecule has 1 heterocycles. The number of carbonyl (C=O) groups is 2. The molecule has 4 atom stereocenters. The van der Waals surface area contributed by atoms with E-state index in [-0.39, 0.29) is 48.6 Å². The van der Waals surface area contributed by atoms with Crippen LogP contribution in [0.15, 0.2) is 0 Å². The highest BCUT2D eigenvalue weighted by molar-refractivity contribution is 5.85. The third kappa shape index (κ3) is 4.64. The molecule has 2 bridgehead atoms. The summed E-state index contributed by atoms with van der Waals surface area (Å²) in [5.74, 6) is 1.51. The van der Waals surface area contributed by atoms with Crippen LogP contribution in [0, 0.1) is 17.8 Å². The molecule has 2 saturated carbocycles. The number of halogens is 2. The van der Waals surface area contributed by atoms with Crippen LogP contribution in [-0.2, 0) is 9.59 Å². The monoisotopic (exact) mass is 408 g/mol. The van der Waals surface area contributed by atoms with Crippen LogP contribution in [0.4, 0.5) is 0 Å². The van der Waals surface area contributed by atoms with Crippen LogP contribution < -0.4 is 5.73 Å². The normalized spacial score (nSPS) is 30.2. The predicted octanol–water partition coefficient (Wildman–Crippen LogP) is 1.22. The fraction of sp³-hybridized carbons (Fsp3) is 0.889. The molecule has 0 spiro atoms. The lowest BCUT2D eigenvalue weighted by molar-refractivity contribution is -0.144. The van der Waals surface area contributed by atoms with Gasteiger partial charge in [-0.05, 0) is 44.2 Å². The van der Waals surface area contributed by atoms with Crippen molar-refractivity contribution in [3.63, 3.8) is 0 Å². The van der Waals surface area contributed by atoms with Gasteiger partial charge in [0.05, 0.1) is 12.5 Å². The molecule has 1 saturated heterocycles. The summed E-state index contributed by atoms with van der Waals surface area (Å²) in [7, 11) is 0. The number of nitrogens with two attached hydrogens (primary N) is 1. The topological polar surface area (TPSA) is 69.9 Å². The maximum atomic E-state index is 12.9. The fourth-order valence-corrected chi connectivity index (χ4v) is 4.83. The Labute approximate surface area is 169 Å². The van der Waals surface area contributed by atoms with Crippen molar-refractivity contribution in [1.29, 1.82) is 0 Å². The first kappa shape index (κ1) is 23.5. The van der Waals surface area contributed by atoms with Crippen LogP contribution in [0.5, 0.6) is 0 Å². The highest BCUT2D eigenvalue weighted by atomic mass is 35.5. The molecule has 26 heavy (non-hydrogen) atoms.